The largest absolute Gasteiger partial charge is 0.495 e. The van der Waals surface area contributed by atoms with Gasteiger partial charge in [-0.25, -0.2) is 9.37 Å². The molecule has 5 nitrogen and oxygen atoms in total. The molecule has 3 aromatic rings. The SMILES string of the molecule is COc1ccccc1-n1ccnc1SCC(=O)Nc1cccc(F)c1. The number of rotatable bonds is 6. The lowest BCUT2D eigenvalue weighted by molar-refractivity contribution is -0.113. The molecule has 128 valence electrons. The van der Waals surface area contributed by atoms with E-state index in [0.29, 0.717) is 16.6 Å². The average Bonchev–Trinajstić information content (AvgIpc) is 3.08. The number of nitrogens with zero attached hydrogens (tertiary/aromatic N) is 2. The molecule has 3 rings (SSSR count). The Labute approximate surface area is 148 Å². The third-order valence-corrected chi connectivity index (χ3v) is 4.36. The topological polar surface area (TPSA) is 56.2 Å². The van der Waals surface area contributed by atoms with Crippen molar-refractivity contribution in [3.8, 4) is 11.4 Å². The summed E-state index contributed by atoms with van der Waals surface area (Å²) < 4.78 is 20.4. The lowest BCUT2D eigenvalue weighted by Gasteiger charge is -2.11. The molecule has 7 heteroatoms. The zero-order chi connectivity index (χ0) is 17.6. The zero-order valence-electron chi connectivity index (χ0n) is 13.5. The molecular weight excluding hydrogens is 341 g/mol. The maximum Gasteiger partial charge on any atom is 0.234 e. The maximum atomic E-state index is 13.2. The number of para-hydroxylation sites is 2. The van der Waals surface area contributed by atoms with Gasteiger partial charge < -0.3 is 10.1 Å². The van der Waals surface area contributed by atoms with E-state index in [1.54, 1.807) is 25.4 Å². The second kappa shape index (κ2) is 7.85. The zero-order valence-corrected chi connectivity index (χ0v) is 14.3. The number of carbonyl (C=O) groups is 1. The number of nitrogens with one attached hydrogen (secondary N) is 1. The van der Waals surface area contributed by atoms with Gasteiger partial charge in [0, 0.05) is 18.1 Å². The quantitative estimate of drug-likeness (QED) is 0.683. The highest BCUT2D eigenvalue weighted by molar-refractivity contribution is 7.99. The maximum absolute atomic E-state index is 13.2. The van der Waals surface area contributed by atoms with Crippen LogP contribution in [-0.4, -0.2) is 28.3 Å². The molecule has 0 atom stereocenters. The molecule has 2 aromatic carbocycles. The van der Waals surface area contributed by atoms with Gasteiger partial charge in [0.05, 0.1) is 18.6 Å². The summed E-state index contributed by atoms with van der Waals surface area (Å²) in [4.78, 5) is 16.4. The Hall–Kier alpha value is -2.80. The number of methoxy groups -OCH3 is 1. The van der Waals surface area contributed by atoms with E-state index in [1.807, 2.05) is 35.0 Å². The molecule has 0 spiro atoms. The van der Waals surface area contributed by atoms with Crippen LogP contribution in [-0.2, 0) is 4.79 Å². The normalized spacial score (nSPS) is 10.5. The van der Waals surface area contributed by atoms with Gasteiger partial charge in [-0.15, -0.1) is 0 Å². The van der Waals surface area contributed by atoms with Gasteiger partial charge in [0.1, 0.15) is 11.6 Å². The number of anilines is 1. The predicted octanol–water partition coefficient (Wildman–Crippen LogP) is 3.75. The van der Waals surface area contributed by atoms with Gasteiger partial charge in [-0.05, 0) is 30.3 Å². The molecule has 0 radical (unpaired) electrons. The van der Waals surface area contributed by atoms with Crippen LogP contribution < -0.4 is 10.1 Å². The van der Waals surface area contributed by atoms with Crippen LogP contribution in [0, 0.1) is 5.82 Å². The van der Waals surface area contributed by atoms with Crippen molar-refractivity contribution in [2.24, 2.45) is 0 Å². The fraction of sp³-hybridized carbons (Fsp3) is 0.111. The molecule has 1 N–H and O–H groups in total. The molecule has 1 aromatic heterocycles. The second-order valence-corrected chi connectivity index (χ2v) is 6.04. The summed E-state index contributed by atoms with van der Waals surface area (Å²) in [7, 11) is 1.61. The number of imidazole rings is 1. The van der Waals surface area contributed by atoms with Crippen molar-refractivity contribution in [2.45, 2.75) is 5.16 Å². The van der Waals surface area contributed by atoms with Gasteiger partial charge in [-0.3, -0.25) is 9.36 Å². The van der Waals surface area contributed by atoms with Gasteiger partial charge >= 0.3 is 0 Å². The highest BCUT2D eigenvalue weighted by Crippen LogP contribution is 2.27. The third-order valence-electron chi connectivity index (χ3n) is 3.39. The van der Waals surface area contributed by atoms with Crippen LogP contribution in [0.5, 0.6) is 5.75 Å². The Balaban J connectivity index is 1.68. The summed E-state index contributed by atoms with van der Waals surface area (Å²) >= 11 is 1.29. The van der Waals surface area contributed by atoms with Crippen molar-refractivity contribution < 1.29 is 13.9 Å². The van der Waals surface area contributed by atoms with E-state index in [9.17, 15) is 9.18 Å². The number of aromatic nitrogens is 2. The average molecular weight is 357 g/mol. The molecule has 0 saturated carbocycles. The Bertz CT molecular complexity index is 882. The number of thioether (sulfide) groups is 1. The van der Waals surface area contributed by atoms with Crippen LogP contribution in [0.3, 0.4) is 0 Å². The third kappa shape index (κ3) is 4.19. The molecule has 0 saturated heterocycles. The number of amides is 1. The molecular formula is C18H16FN3O2S. The highest BCUT2D eigenvalue weighted by atomic mass is 32.2. The first-order chi connectivity index (χ1) is 12.2. The molecule has 0 aliphatic heterocycles. The molecule has 0 bridgehead atoms. The van der Waals surface area contributed by atoms with Crippen molar-refractivity contribution in [1.29, 1.82) is 0 Å². The van der Waals surface area contributed by atoms with E-state index in [4.69, 9.17) is 4.74 Å². The fourth-order valence-electron chi connectivity index (χ4n) is 2.30. The molecule has 1 heterocycles. The first-order valence-corrected chi connectivity index (χ1v) is 8.51. The van der Waals surface area contributed by atoms with Crippen LogP contribution in [0.1, 0.15) is 0 Å². The van der Waals surface area contributed by atoms with Gasteiger partial charge in [0.25, 0.3) is 0 Å². The van der Waals surface area contributed by atoms with E-state index in [-0.39, 0.29) is 11.7 Å². The minimum Gasteiger partial charge on any atom is -0.495 e. The van der Waals surface area contributed by atoms with Crippen molar-refractivity contribution in [1.82, 2.24) is 9.55 Å². The van der Waals surface area contributed by atoms with Gasteiger partial charge in [-0.1, -0.05) is 30.0 Å². The molecule has 0 fully saturated rings. The van der Waals surface area contributed by atoms with Gasteiger partial charge in [0.15, 0.2) is 5.16 Å². The summed E-state index contributed by atoms with van der Waals surface area (Å²) in [5.74, 6) is 0.247. The van der Waals surface area contributed by atoms with Crippen LogP contribution >= 0.6 is 11.8 Å². The summed E-state index contributed by atoms with van der Waals surface area (Å²) in [5.41, 5.74) is 1.27. The number of ether oxygens (including phenoxy) is 1. The number of hydrogen-bond acceptors (Lipinski definition) is 4. The van der Waals surface area contributed by atoms with Crippen LogP contribution in [0.15, 0.2) is 66.1 Å². The van der Waals surface area contributed by atoms with Crippen LogP contribution in [0.4, 0.5) is 10.1 Å². The van der Waals surface area contributed by atoms with E-state index in [1.165, 1.54) is 23.9 Å². The first-order valence-electron chi connectivity index (χ1n) is 7.52. The molecule has 0 aliphatic rings. The number of benzene rings is 2. The van der Waals surface area contributed by atoms with Crippen molar-refractivity contribution in [3.05, 3.63) is 66.7 Å². The highest BCUT2D eigenvalue weighted by Gasteiger charge is 2.12. The van der Waals surface area contributed by atoms with Crippen LogP contribution in [0.2, 0.25) is 0 Å². The predicted molar refractivity (Wildman–Crippen MR) is 95.9 cm³/mol. The molecule has 0 aliphatic carbocycles. The number of hydrogen-bond donors (Lipinski definition) is 1. The lowest BCUT2D eigenvalue weighted by Crippen LogP contribution is -2.14. The standard InChI is InChI=1S/C18H16FN3O2S/c1-24-16-8-3-2-7-15(16)22-10-9-20-18(22)25-12-17(23)21-14-6-4-5-13(19)11-14/h2-11H,12H2,1H3,(H,21,23). The van der Waals surface area contributed by atoms with Crippen molar-refractivity contribution >= 4 is 23.4 Å². The van der Waals surface area contributed by atoms with Crippen LogP contribution in [0.25, 0.3) is 5.69 Å². The van der Waals surface area contributed by atoms with Crippen molar-refractivity contribution in [2.75, 3.05) is 18.2 Å². The minimum absolute atomic E-state index is 0.155. The Morgan fingerprint density at radius 1 is 1.28 bits per heavy atom. The second-order valence-electron chi connectivity index (χ2n) is 5.10. The molecule has 0 unspecified atom stereocenters. The summed E-state index contributed by atoms with van der Waals surface area (Å²) in [6.07, 6.45) is 3.48. The van der Waals surface area contributed by atoms with E-state index in [0.717, 1.165) is 5.69 Å². The summed E-state index contributed by atoms with van der Waals surface area (Å²) in [6.45, 7) is 0. The number of halogens is 1. The van der Waals surface area contributed by atoms with Crippen molar-refractivity contribution in [3.63, 3.8) is 0 Å². The fourth-order valence-corrected chi connectivity index (χ4v) is 3.07. The van der Waals surface area contributed by atoms with Gasteiger partial charge in [-0.2, -0.15) is 0 Å². The van der Waals surface area contributed by atoms with E-state index >= 15 is 0 Å². The minimum atomic E-state index is -0.392. The summed E-state index contributed by atoms with van der Waals surface area (Å²) in [6, 6.07) is 13.4. The smallest absolute Gasteiger partial charge is 0.234 e. The molecule has 1 amide bonds. The Kier molecular flexibility index (Phi) is 5.35. The van der Waals surface area contributed by atoms with E-state index < -0.39 is 5.82 Å². The van der Waals surface area contributed by atoms with Gasteiger partial charge in [0.2, 0.25) is 5.91 Å². The molecule has 25 heavy (non-hydrogen) atoms. The Morgan fingerprint density at radius 3 is 2.92 bits per heavy atom. The monoisotopic (exact) mass is 357 g/mol. The van der Waals surface area contributed by atoms with E-state index in [2.05, 4.69) is 10.3 Å². The lowest BCUT2D eigenvalue weighted by atomic mass is 10.3. The summed E-state index contributed by atoms with van der Waals surface area (Å²) in [5, 5.41) is 3.33. The number of carbonyl (C=O) groups excluding carboxylic acids is 1. The first kappa shape index (κ1) is 17.0. The Morgan fingerprint density at radius 2 is 2.12 bits per heavy atom.